The van der Waals surface area contributed by atoms with Crippen molar-refractivity contribution in [3.63, 3.8) is 0 Å². The molecule has 0 fully saturated rings. The molecule has 6 nitrogen and oxygen atoms in total. The molecule has 0 spiro atoms. The molecular weight excluding hydrogens is 368 g/mol. The first kappa shape index (κ1) is 18.0. The first-order chi connectivity index (χ1) is 12.9. The SMILES string of the molecule is COCOc1cc2occ(-c3cccs3)c(=O)c2c2c1CC(O)C(C)(C)O2. The third-order valence-corrected chi connectivity index (χ3v) is 5.67. The molecule has 1 aromatic carbocycles. The number of hydrogen-bond acceptors (Lipinski definition) is 7. The summed E-state index contributed by atoms with van der Waals surface area (Å²) in [4.78, 5) is 14.1. The average Bonchev–Trinajstić information content (AvgIpc) is 3.15. The lowest BCUT2D eigenvalue weighted by molar-refractivity contribution is -0.0415. The molecule has 1 unspecified atom stereocenters. The van der Waals surface area contributed by atoms with Gasteiger partial charge in [-0.15, -0.1) is 11.3 Å². The molecule has 0 saturated carbocycles. The number of methoxy groups -OCH3 is 1. The predicted molar refractivity (Wildman–Crippen MR) is 103 cm³/mol. The summed E-state index contributed by atoms with van der Waals surface area (Å²) in [5, 5.41) is 12.7. The van der Waals surface area contributed by atoms with Crippen molar-refractivity contribution in [2.75, 3.05) is 13.9 Å². The highest BCUT2D eigenvalue weighted by Gasteiger charge is 2.39. The largest absolute Gasteiger partial charge is 0.484 e. The Balaban J connectivity index is 2.00. The van der Waals surface area contributed by atoms with Crippen LogP contribution < -0.4 is 14.9 Å². The monoisotopic (exact) mass is 388 g/mol. The zero-order valence-corrected chi connectivity index (χ0v) is 16.1. The quantitative estimate of drug-likeness (QED) is 0.689. The summed E-state index contributed by atoms with van der Waals surface area (Å²) >= 11 is 1.47. The van der Waals surface area contributed by atoms with Gasteiger partial charge in [-0.3, -0.25) is 4.79 Å². The average molecular weight is 388 g/mol. The van der Waals surface area contributed by atoms with E-state index in [0.29, 0.717) is 40.0 Å². The summed E-state index contributed by atoms with van der Waals surface area (Å²) < 4.78 is 22.5. The maximum atomic E-state index is 13.3. The molecule has 27 heavy (non-hydrogen) atoms. The molecule has 142 valence electrons. The van der Waals surface area contributed by atoms with Crippen molar-refractivity contribution in [1.29, 1.82) is 0 Å². The Morgan fingerprint density at radius 1 is 1.41 bits per heavy atom. The van der Waals surface area contributed by atoms with E-state index in [4.69, 9.17) is 18.6 Å². The molecule has 0 amide bonds. The molecule has 1 atom stereocenters. The van der Waals surface area contributed by atoms with E-state index in [2.05, 4.69) is 0 Å². The highest BCUT2D eigenvalue weighted by molar-refractivity contribution is 7.13. The number of aliphatic hydroxyl groups is 1. The van der Waals surface area contributed by atoms with Crippen LogP contribution in [0.25, 0.3) is 21.4 Å². The summed E-state index contributed by atoms with van der Waals surface area (Å²) in [5.74, 6) is 0.877. The Morgan fingerprint density at radius 2 is 2.22 bits per heavy atom. The van der Waals surface area contributed by atoms with E-state index in [0.717, 1.165) is 4.88 Å². The molecule has 3 aromatic rings. The Bertz CT molecular complexity index is 1030. The van der Waals surface area contributed by atoms with E-state index < -0.39 is 11.7 Å². The molecule has 0 bridgehead atoms. The third-order valence-electron chi connectivity index (χ3n) is 4.77. The maximum absolute atomic E-state index is 13.3. The zero-order chi connectivity index (χ0) is 19.2. The number of benzene rings is 1. The van der Waals surface area contributed by atoms with Gasteiger partial charge in [0.2, 0.25) is 5.43 Å². The van der Waals surface area contributed by atoms with Gasteiger partial charge < -0.3 is 23.7 Å². The van der Waals surface area contributed by atoms with Gasteiger partial charge in [-0.05, 0) is 25.3 Å². The summed E-state index contributed by atoms with van der Waals surface area (Å²) in [7, 11) is 1.52. The minimum absolute atomic E-state index is 0.0367. The molecule has 1 aliphatic rings. The van der Waals surface area contributed by atoms with Crippen molar-refractivity contribution in [3.05, 3.63) is 45.6 Å². The van der Waals surface area contributed by atoms with Gasteiger partial charge in [0.15, 0.2) is 6.79 Å². The van der Waals surface area contributed by atoms with Gasteiger partial charge in [-0.1, -0.05) is 6.07 Å². The Kier molecular flexibility index (Phi) is 4.46. The maximum Gasteiger partial charge on any atom is 0.205 e. The third kappa shape index (κ3) is 3.01. The fourth-order valence-electron chi connectivity index (χ4n) is 3.20. The van der Waals surface area contributed by atoms with Crippen LogP contribution in [0.5, 0.6) is 11.5 Å². The first-order valence-electron chi connectivity index (χ1n) is 8.56. The summed E-state index contributed by atoms with van der Waals surface area (Å²) in [6.07, 6.45) is 1.03. The molecule has 1 N–H and O–H groups in total. The van der Waals surface area contributed by atoms with Crippen LogP contribution in [0.15, 0.2) is 39.1 Å². The molecule has 0 saturated heterocycles. The van der Waals surface area contributed by atoms with Crippen LogP contribution in [-0.4, -0.2) is 30.7 Å². The van der Waals surface area contributed by atoms with Gasteiger partial charge in [0.05, 0.1) is 11.7 Å². The van der Waals surface area contributed by atoms with Crippen LogP contribution in [0.2, 0.25) is 0 Å². The lowest BCUT2D eigenvalue weighted by Gasteiger charge is -2.37. The molecule has 7 heteroatoms. The van der Waals surface area contributed by atoms with Gasteiger partial charge in [-0.2, -0.15) is 0 Å². The van der Waals surface area contributed by atoms with Crippen molar-refractivity contribution in [2.24, 2.45) is 0 Å². The molecule has 4 rings (SSSR count). The summed E-state index contributed by atoms with van der Waals surface area (Å²) in [6, 6.07) is 5.41. The topological polar surface area (TPSA) is 78.1 Å². The fraction of sp³-hybridized carbons (Fsp3) is 0.350. The molecule has 3 heterocycles. The van der Waals surface area contributed by atoms with Gasteiger partial charge >= 0.3 is 0 Å². The standard InChI is InChI=1S/C20H20O6S/c1-20(2)16(21)7-11-13(25-10-23-3)8-14-17(19(11)26-20)18(22)12(9-24-14)15-5-4-6-27-15/h4-6,8-9,16,21H,7,10H2,1-3H3. The van der Waals surface area contributed by atoms with Crippen LogP contribution in [0.1, 0.15) is 19.4 Å². The van der Waals surface area contributed by atoms with Crippen LogP contribution in [0.4, 0.5) is 0 Å². The van der Waals surface area contributed by atoms with Gasteiger partial charge in [0.25, 0.3) is 0 Å². The zero-order valence-electron chi connectivity index (χ0n) is 15.3. The first-order valence-corrected chi connectivity index (χ1v) is 9.44. The van der Waals surface area contributed by atoms with E-state index in [-0.39, 0.29) is 12.2 Å². The van der Waals surface area contributed by atoms with E-state index >= 15 is 0 Å². The number of aliphatic hydroxyl groups excluding tert-OH is 1. The molecule has 2 aromatic heterocycles. The molecule has 0 radical (unpaired) electrons. The van der Waals surface area contributed by atoms with Crippen molar-refractivity contribution in [3.8, 4) is 21.9 Å². The number of fused-ring (bicyclic) bond motifs is 3. The fourth-order valence-corrected chi connectivity index (χ4v) is 3.93. The minimum atomic E-state index is -0.842. The predicted octanol–water partition coefficient (Wildman–Crippen LogP) is 3.58. The second kappa shape index (κ2) is 6.67. The van der Waals surface area contributed by atoms with E-state index in [1.54, 1.807) is 19.9 Å². The number of hydrogen-bond donors (Lipinski definition) is 1. The van der Waals surface area contributed by atoms with Crippen molar-refractivity contribution in [1.82, 2.24) is 0 Å². The van der Waals surface area contributed by atoms with E-state index in [1.807, 2.05) is 17.5 Å². The van der Waals surface area contributed by atoms with Crippen LogP contribution in [0.3, 0.4) is 0 Å². The second-order valence-electron chi connectivity index (χ2n) is 6.99. The highest BCUT2D eigenvalue weighted by atomic mass is 32.1. The molecular formula is C20H20O6S. The molecule has 0 aliphatic carbocycles. The van der Waals surface area contributed by atoms with Crippen molar-refractivity contribution in [2.45, 2.75) is 32.0 Å². The summed E-state index contributed by atoms with van der Waals surface area (Å²) in [6.45, 7) is 3.62. The smallest absolute Gasteiger partial charge is 0.205 e. The second-order valence-corrected chi connectivity index (χ2v) is 7.94. The van der Waals surface area contributed by atoms with Crippen LogP contribution in [-0.2, 0) is 11.2 Å². The van der Waals surface area contributed by atoms with Gasteiger partial charge in [-0.25, -0.2) is 0 Å². The lowest BCUT2D eigenvalue weighted by atomic mass is 9.89. The van der Waals surface area contributed by atoms with Crippen LogP contribution in [0, 0.1) is 0 Å². The Labute approximate surface area is 159 Å². The van der Waals surface area contributed by atoms with Crippen molar-refractivity contribution < 1.29 is 23.7 Å². The van der Waals surface area contributed by atoms with E-state index in [9.17, 15) is 9.90 Å². The lowest BCUT2D eigenvalue weighted by Crippen LogP contribution is -2.46. The minimum Gasteiger partial charge on any atom is -0.484 e. The van der Waals surface area contributed by atoms with Gasteiger partial charge in [0.1, 0.15) is 34.3 Å². The number of rotatable bonds is 4. The Hall–Kier alpha value is -2.35. The van der Waals surface area contributed by atoms with Crippen molar-refractivity contribution >= 4 is 22.3 Å². The number of thiophene rings is 1. The van der Waals surface area contributed by atoms with Gasteiger partial charge in [0, 0.05) is 30.0 Å². The Morgan fingerprint density at radius 3 is 2.93 bits per heavy atom. The normalized spacial score (nSPS) is 18.1. The highest BCUT2D eigenvalue weighted by Crippen LogP contribution is 2.43. The summed E-state index contributed by atoms with van der Waals surface area (Å²) in [5.41, 5.74) is 0.489. The van der Waals surface area contributed by atoms with Crippen LogP contribution >= 0.6 is 11.3 Å². The molecule has 1 aliphatic heterocycles. The van der Waals surface area contributed by atoms with E-state index in [1.165, 1.54) is 24.7 Å². The number of ether oxygens (including phenoxy) is 3.